The predicted molar refractivity (Wildman–Crippen MR) is 163 cm³/mol. The van der Waals surface area contributed by atoms with Crippen LogP contribution in [0, 0.1) is 6.92 Å². The van der Waals surface area contributed by atoms with Crippen LogP contribution in [0.5, 0.6) is 5.75 Å². The Kier molecular flexibility index (Phi) is 11.8. The fourth-order valence-electron chi connectivity index (χ4n) is 4.15. The molecule has 0 aromatic heterocycles. The minimum Gasteiger partial charge on any atom is -0.508 e. The first-order valence-electron chi connectivity index (χ1n) is 13.3. The van der Waals surface area contributed by atoms with Gasteiger partial charge < -0.3 is 25.4 Å². The fraction of sp³-hybridized carbons (Fsp3) is 0.500. The number of halogens is 1. The molecule has 40 heavy (non-hydrogen) atoms. The molecule has 0 saturated heterocycles. The van der Waals surface area contributed by atoms with Crippen LogP contribution >= 0.6 is 23.4 Å². The van der Waals surface area contributed by atoms with Crippen molar-refractivity contribution >= 4 is 47.0 Å². The van der Waals surface area contributed by atoms with Crippen LogP contribution in [-0.2, 0) is 14.3 Å². The first-order valence-corrected chi connectivity index (χ1v) is 15.1. The number of thioether (sulfide) groups is 1. The molecule has 0 aliphatic rings. The van der Waals surface area contributed by atoms with E-state index in [0.29, 0.717) is 29.3 Å². The van der Waals surface area contributed by atoms with Crippen molar-refractivity contribution < 1.29 is 24.2 Å². The number of hydrogen-bond donors (Lipinski definition) is 3. The molecular weight excluding hydrogens is 550 g/mol. The van der Waals surface area contributed by atoms with Gasteiger partial charge in [-0.2, -0.15) is 11.8 Å². The highest BCUT2D eigenvalue weighted by Crippen LogP contribution is 2.37. The van der Waals surface area contributed by atoms with Crippen LogP contribution in [0.15, 0.2) is 42.5 Å². The number of alkyl carbamates (subject to hydrolysis) is 1. The summed E-state index contributed by atoms with van der Waals surface area (Å²) in [6, 6.07) is 9.48. The van der Waals surface area contributed by atoms with Crippen LogP contribution in [0.2, 0.25) is 5.02 Å². The summed E-state index contributed by atoms with van der Waals surface area (Å²) in [6.45, 7) is 12.7. The Morgan fingerprint density at radius 1 is 1.07 bits per heavy atom. The first-order chi connectivity index (χ1) is 18.6. The second-order valence-electron chi connectivity index (χ2n) is 11.2. The molecule has 0 radical (unpaired) electrons. The molecule has 3 amide bonds. The van der Waals surface area contributed by atoms with Crippen LogP contribution in [0.4, 0.5) is 10.5 Å². The number of carbonyl (C=O) groups is 3. The molecule has 2 rings (SSSR count). The van der Waals surface area contributed by atoms with Gasteiger partial charge in [0.05, 0.1) is 10.7 Å². The number of nitrogens with zero attached hydrogens (tertiary/aromatic N) is 1. The van der Waals surface area contributed by atoms with E-state index in [2.05, 4.69) is 10.6 Å². The normalized spacial score (nSPS) is 13.2. The van der Waals surface area contributed by atoms with Gasteiger partial charge >= 0.3 is 6.09 Å². The van der Waals surface area contributed by atoms with E-state index < -0.39 is 41.1 Å². The third kappa shape index (κ3) is 8.80. The summed E-state index contributed by atoms with van der Waals surface area (Å²) in [4.78, 5) is 42.8. The summed E-state index contributed by atoms with van der Waals surface area (Å²) in [7, 11) is 0. The van der Waals surface area contributed by atoms with E-state index >= 15 is 0 Å². The molecule has 10 heteroatoms. The molecular formula is C30H42ClN3O5S. The maximum Gasteiger partial charge on any atom is 0.408 e. The standard InChI is InChI=1S/C30H42ClN3O5S/c1-9-30(6,7)34(27(37)22(17-18-40-8)32-28(38)39-29(3,4)5)25(20-14-10-11-16-23(20)35)26(36)33-24-19(2)13-12-15-21(24)31/h10-16,22,25,35H,9,17-18H2,1-8H3,(H,32,38)(H,33,36). The van der Waals surface area contributed by atoms with Crippen LogP contribution in [0.1, 0.15) is 71.6 Å². The van der Waals surface area contributed by atoms with E-state index in [-0.39, 0.29) is 11.3 Å². The number of amides is 3. The molecule has 3 N–H and O–H groups in total. The summed E-state index contributed by atoms with van der Waals surface area (Å²) in [6.07, 6.45) is 1.99. The van der Waals surface area contributed by atoms with Gasteiger partial charge in [-0.05, 0) is 84.1 Å². The zero-order valence-electron chi connectivity index (χ0n) is 24.6. The quantitative estimate of drug-likeness (QED) is 0.268. The van der Waals surface area contributed by atoms with Gasteiger partial charge in [0.15, 0.2) is 0 Å². The van der Waals surface area contributed by atoms with Crippen molar-refractivity contribution in [2.24, 2.45) is 0 Å². The van der Waals surface area contributed by atoms with E-state index in [1.54, 1.807) is 51.1 Å². The summed E-state index contributed by atoms with van der Waals surface area (Å²) in [5.41, 5.74) is -0.203. The molecule has 2 aromatic rings. The fourth-order valence-corrected chi connectivity index (χ4v) is 4.89. The number of aryl methyl sites for hydroxylation is 1. The minimum atomic E-state index is -1.24. The number of phenolic OH excluding ortho intramolecular Hbond substituents is 1. The molecule has 2 atom stereocenters. The van der Waals surface area contributed by atoms with Crippen molar-refractivity contribution in [2.45, 2.75) is 84.5 Å². The number of carbonyl (C=O) groups excluding carboxylic acids is 3. The lowest BCUT2D eigenvalue weighted by atomic mass is 9.91. The summed E-state index contributed by atoms with van der Waals surface area (Å²) in [5, 5.41) is 16.9. The molecule has 0 saturated carbocycles. The Morgan fingerprint density at radius 2 is 1.73 bits per heavy atom. The Balaban J connectivity index is 2.68. The summed E-state index contributed by atoms with van der Waals surface area (Å²) >= 11 is 7.96. The lowest BCUT2D eigenvalue weighted by Gasteiger charge is -2.44. The van der Waals surface area contributed by atoms with Crippen molar-refractivity contribution in [1.29, 1.82) is 0 Å². The zero-order valence-corrected chi connectivity index (χ0v) is 26.2. The van der Waals surface area contributed by atoms with Crippen LogP contribution < -0.4 is 10.6 Å². The molecule has 2 unspecified atom stereocenters. The van der Waals surface area contributed by atoms with E-state index in [1.807, 2.05) is 40.0 Å². The van der Waals surface area contributed by atoms with E-state index in [1.165, 1.54) is 22.7 Å². The van der Waals surface area contributed by atoms with Crippen molar-refractivity contribution in [3.8, 4) is 5.75 Å². The Bertz CT molecular complexity index is 1180. The zero-order chi connectivity index (χ0) is 30.3. The number of para-hydroxylation sites is 2. The largest absolute Gasteiger partial charge is 0.508 e. The number of rotatable bonds is 11. The number of hydrogen-bond acceptors (Lipinski definition) is 6. The molecule has 0 aliphatic carbocycles. The van der Waals surface area contributed by atoms with Gasteiger partial charge in [-0.1, -0.05) is 48.9 Å². The van der Waals surface area contributed by atoms with Gasteiger partial charge in [0.25, 0.3) is 5.91 Å². The number of benzene rings is 2. The highest BCUT2D eigenvalue weighted by atomic mass is 35.5. The smallest absolute Gasteiger partial charge is 0.408 e. The van der Waals surface area contributed by atoms with Crippen molar-refractivity contribution in [2.75, 3.05) is 17.3 Å². The Labute approximate surface area is 247 Å². The van der Waals surface area contributed by atoms with Crippen molar-refractivity contribution in [3.05, 3.63) is 58.6 Å². The average Bonchev–Trinajstić information content (AvgIpc) is 2.86. The van der Waals surface area contributed by atoms with E-state index in [4.69, 9.17) is 16.3 Å². The Morgan fingerprint density at radius 3 is 2.27 bits per heavy atom. The van der Waals surface area contributed by atoms with Gasteiger partial charge in [-0.3, -0.25) is 9.59 Å². The lowest BCUT2D eigenvalue weighted by molar-refractivity contribution is -0.147. The molecule has 0 aliphatic heterocycles. The molecule has 0 spiro atoms. The first kappa shape index (κ1) is 33.3. The number of ether oxygens (including phenoxy) is 1. The van der Waals surface area contributed by atoms with Crippen LogP contribution in [0.25, 0.3) is 0 Å². The highest BCUT2D eigenvalue weighted by Gasteiger charge is 2.44. The minimum absolute atomic E-state index is 0.135. The predicted octanol–water partition coefficient (Wildman–Crippen LogP) is 6.70. The molecule has 220 valence electrons. The van der Waals surface area contributed by atoms with E-state index in [0.717, 1.165) is 5.56 Å². The summed E-state index contributed by atoms with van der Waals surface area (Å²) in [5.74, 6) is -0.567. The number of phenols is 1. The molecule has 0 fully saturated rings. The maximum atomic E-state index is 14.4. The molecule has 0 heterocycles. The van der Waals surface area contributed by atoms with Gasteiger partial charge in [-0.15, -0.1) is 0 Å². The third-order valence-corrected chi connectivity index (χ3v) is 7.52. The highest BCUT2D eigenvalue weighted by molar-refractivity contribution is 7.98. The molecule has 8 nitrogen and oxygen atoms in total. The van der Waals surface area contributed by atoms with Crippen molar-refractivity contribution in [3.63, 3.8) is 0 Å². The number of aromatic hydroxyl groups is 1. The Hall–Kier alpha value is -2.91. The number of anilines is 1. The topological polar surface area (TPSA) is 108 Å². The molecule has 0 bridgehead atoms. The SMILES string of the molecule is CCC(C)(C)N(C(=O)C(CCSC)NC(=O)OC(C)(C)C)C(C(=O)Nc1c(C)cccc1Cl)c1ccccc1O. The van der Waals surface area contributed by atoms with Gasteiger partial charge in [0, 0.05) is 11.1 Å². The van der Waals surface area contributed by atoms with Gasteiger partial charge in [0.1, 0.15) is 23.4 Å². The lowest BCUT2D eigenvalue weighted by Crippen LogP contribution is -2.59. The summed E-state index contributed by atoms with van der Waals surface area (Å²) < 4.78 is 5.45. The van der Waals surface area contributed by atoms with Crippen LogP contribution in [-0.4, -0.2) is 57.1 Å². The maximum absolute atomic E-state index is 14.4. The number of nitrogens with one attached hydrogen (secondary N) is 2. The second-order valence-corrected chi connectivity index (χ2v) is 12.6. The molecule has 2 aromatic carbocycles. The van der Waals surface area contributed by atoms with Gasteiger partial charge in [0.2, 0.25) is 5.91 Å². The monoisotopic (exact) mass is 591 g/mol. The van der Waals surface area contributed by atoms with E-state index in [9.17, 15) is 19.5 Å². The van der Waals surface area contributed by atoms with Gasteiger partial charge in [-0.25, -0.2) is 4.79 Å². The average molecular weight is 592 g/mol. The van der Waals surface area contributed by atoms with Crippen molar-refractivity contribution in [1.82, 2.24) is 10.2 Å². The second kappa shape index (κ2) is 14.1. The van der Waals surface area contributed by atoms with Crippen LogP contribution in [0.3, 0.4) is 0 Å². The third-order valence-electron chi connectivity index (χ3n) is 6.56.